The van der Waals surface area contributed by atoms with Gasteiger partial charge in [0.2, 0.25) is 15.9 Å². The van der Waals surface area contributed by atoms with Gasteiger partial charge in [-0.05, 0) is 49.2 Å². The molecular weight excluding hydrogens is 470 g/mol. The maximum absolute atomic E-state index is 13.5. The van der Waals surface area contributed by atoms with Crippen LogP contribution < -0.4 is 14.5 Å². The molecule has 1 amide bonds. The van der Waals surface area contributed by atoms with Crippen LogP contribution in [0.5, 0.6) is 5.75 Å². The molecule has 0 aliphatic carbocycles. The molecule has 0 radical (unpaired) electrons. The summed E-state index contributed by atoms with van der Waals surface area (Å²) in [5, 5.41) is 3.85. The highest BCUT2D eigenvalue weighted by molar-refractivity contribution is 7.89. The van der Waals surface area contributed by atoms with Crippen LogP contribution >= 0.6 is 0 Å². The van der Waals surface area contributed by atoms with E-state index >= 15 is 0 Å². The summed E-state index contributed by atoms with van der Waals surface area (Å²) in [7, 11) is -3.77. The molecule has 35 heavy (non-hydrogen) atoms. The van der Waals surface area contributed by atoms with Crippen molar-refractivity contribution in [1.82, 2.24) is 14.4 Å². The molecule has 0 saturated carbocycles. The standard InChI is InChI=1S/C24H27N5O5S/c1-16-4-5-17(2)20(12-16)27-8-10-28(11-9-27)35(31,32)19-6-7-22-21(13-19)29(24(30)15-33-22)14-23-25-18(3)34-26-23/h4-7,12-13H,8-11,14-15H2,1-3H3. The molecule has 3 aromatic rings. The third-order valence-electron chi connectivity index (χ3n) is 6.32. The fourth-order valence-corrected chi connectivity index (χ4v) is 5.88. The Hall–Kier alpha value is -3.44. The zero-order valence-electron chi connectivity index (χ0n) is 19.9. The van der Waals surface area contributed by atoms with Gasteiger partial charge in [-0.3, -0.25) is 9.69 Å². The van der Waals surface area contributed by atoms with Gasteiger partial charge in [0.05, 0.1) is 17.1 Å². The number of nitrogens with zero attached hydrogens (tertiary/aromatic N) is 5. The second kappa shape index (κ2) is 8.97. The Morgan fingerprint density at radius 1 is 0.971 bits per heavy atom. The minimum Gasteiger partial charge on any atom is -0.482 e. The molecule has 0 bridgehead atoms. The van der Waals surface area contributed by atoms with Crippen LogP contribution in [0.4, 0.5) is 11.4 Å². The number of benzene rings is 2. The van der Waals surface area contributed by atoms with Gasteiger partial charge < -0.3 is 14.2 Å². The summed E-state index contributed by atoms with van der Waals surface area (Å²) < 4.78 is 39.1. The van der Waals surface area contributed by atoms with Crippen molar-refractivity contribution in [2.24, 2.45) is 0 Å². The Morgan fingerprint density at radius 2 is 1.74 bits per heavy atom. The quantitative estimate of drug-likeness (QED) is 0.529. The lowest BCUT2D eigenvalue weighted by Crippen LogP contribution is -2.49. The predicted molar refractivity (Wildman–Crippen MR) is 129 cm³/mol. The molecule has 0 atom stereocenters. The van der Waals surface area contributed by atoms with Crippen LogP contribution in [-0.2, 0) is 21.4 Å². The van der Waals surface area contributed by atoms with Gasteiger partial charge in [-0.25, -0.2) is 8.42 Å². The highest BCUT2D eigenvalue weighted by atomic mass is 32.2. The van der Waals surface area contributed by atoms with E-state index in [0.29, 0.717) is 49.3 Å². The van der Waals surface area contributed by atoms with Crippen LogP contribution in [-0.4, -0.2) is 61.6 Å². The van der Waals surface area contributed by atoms with E-state index in [-0.39, 0.29) is 24.0 Å². The van der Waals surface area contributed by atoms with E-state index in [1.165, 1.54) is 32.5 Å². The lowest BCUT2D eigenvalue weighted by Gasteiger charge is -2.36. The molecule has 0 N–H and O–H groups in total. The van der Waals surface area contributed by atoms with E-state index in [4.69, 9.17) is 9.26 Å². The summed E-state index contributed by atoms with van der Waals surface area (Å²) in [6, 6.07) is 10.9. The maximum Gasteiger partial charge on any atom is 0.265 e. The first kappa shape index (κ1) is 23.3. The number of aromatic nitrogens is 2. The van der Waals surface area contributed by atoms with Crippen LogP contribution in [0, 0.1) is 20.8 Å². The van der Waals surface area contributed by atoms with E-state index in [1.54, 1.807) is 13.0 Å². The summed E-state index contributed by atoms with van der Waals surface area (Å²) in [6.07, 6.45) is 0. The maximum atomic E-state index is 13.5. The lowest BCUT2D eigenvalue weighted by molar-refractivity contribution is -0.121. The van der Waals surface area contributed by atoms with Crippen molar-refractivity contribution in [3.8, 4) is 5.75 Å². The predicted octanol–water partition coefficient (Wildman–Crippen LogP) is 2.43. The first-order valence-corrected chi connectivity index (χ1v) is 12.8. The van der Waals surface area contributed by atoms with E-state index < -0.39 is 10.0 Å². The third kappa shape index (κ3) is 4.48. The highest BCUT2D eigenvalue weighted by Crippen LogP contribution is 2.36. The number of aryl methyl sites for hydroxylation is 3. The van der Waals surface area contributed by atoms with E-state index in [9.17, 15) is 13.2 Å². The molecule has 184 valence electrons. The van der Waals surface area contributed by atoms with E-state index in [1.807, 2.05) is 0 Å². The summed E-state index contributed by atoms with van der Waals surface area (Å²) in [6.45, 7) is 7.63. The molecule has 1 saturated heterocycles. The van der Waals surface area contributed by atoms with Crippen molar-refractivity contribution in [2.75, 3.05) is 42.6 Å². The largest absolute Gasteiger partial charge is 0.482 e. The minimum absolute atomic E-state index is 0.0601. The zero-order valence-corrected chi connectivity index (χ0v) is 20.7. The van der Waals surface area contributed by atoms with Crippen molar-refractivity contribution in [3.05, 3.63) is 59.2 Å². The molecule has 1 fully saturated rings. The Kier molecular flexibility index (Phi) is 5.97. The number of amides is 1. The van der Waals surface area contributed by atoms with Crippen molar-refractivity contribution < 1.29 is 22.5 Å². The fourth-order valence-electron chi connectivity index (χ4n) is 4.44. The number of anilines is 2. The Morgan fingerprint density at radius 3 is 2.46 bits per heavy atom. The molecular formula is C24H27N5O5S. The Labute approximate surface area is 204 Å². The summed E-state index contributed by atoms with van der Waals surface area (Å²) in [4.78, 5) is 20.5. The number of carbonyl (C=O) groups excluding carboxylic acids is 1. The number of carbonyl (C=O) groups is 1. The number of fused-ring (bicyclic) bond motifs is 1. The first-order valence-electron chi connectivity index (χ1n) is 11.4. The molecule has 5 rings (SSSR count). The van der Waals surface area contributed by atoms with Gasteiger partial charge in [0.25, 0.3) is 5.91 Å². The van der Waals surface area contributed by atoms with Gasteiger partial charge in [0.1, 0.15) is 5.75 Å². The van der Waals surface area contributed by atoms with Crippen LogP contribution in [0.3, 0.4) is 0 Å². The Balaban J connectivity index is 1.37. The number of sulfonamides is 1. The number of rotatable bonds is 5. The van der Waals surface area contributed by atoms with Crippen LogP contribution in [0.2, 0.25) is 0 Å². The van der Waals surface area contributed by atoms with Gasteiger partial charge in [0, 0.05) is 38.8 Å². The molecule has 2 aliphatic rings. The summed E-state index contributed by atoms with van der Waals surface area (Å²) in [5.74, 6) is 0.844. The molecule has 0 unspecified atom stereocenters. The van der Waals surface area contributed by atoms with Gasteiger partial charge in [-0.1, -0.05) is 17.3 Å². The molecule has 10 nitrogen and oxygen atoms in total. The minimum atomic E-state index is -3.77. The average Bonchev–Trinajstić information content (AvgIpc) is 3.27. The topological polar surface area (TPSA) is 109 Å². The molecule has 2 aromatic carbocycles. The number of piperazine rings is 1. The summed E-state index contributed by atoms with van der Waals surface area (Å²) in [5.41, 5.74) is 3.85. The second-order valence-corrected chi connectivity index (χ2v) is 10.7. The van der Waals surface area contributed by atoms with Crippen LogP contribution in [0.25, 0.3) is 0 Å². The molecule has 2 aliphatic heterocycles. The third-order valence-corrected chi connectivity index (χ3v) is 8.22. The molecule has 11 heteroatoms. The SMILES string of the molecule is Cc1ccc(C)c(N2CCN(S(=O)(=O)c3ccc4c(c3)N(Cc3noc(C)n3)C(=O)CO4)CC2)c1. The monoisotopic (exact) mass is 497 g/mol. The van der Waals surface area contributed by atoms with Gasteiger partial charge in [0.15, 0.2) is 12.4 Å². The van der Waals surface area contributed by atoms with Crippen LogP contribution in [0.15, 0.2) is 45.8 Å². The highest BCUT2D eigenvalue weighted by Gasteiger charge is 2.33. The smallest absolute Gasteiger partial charge is 0.265 e. The number of hydrogen-bond acceptors (Lipinski definition) is 8. The number of hydrogen-bond donors (Lipinski definition) is 0. The van der Waals surface area contributed by atoms with E-state index in [2.05, 4.69) is 47.1 Å². The van der Waals surface area contributed by atoms with Crippen molar-refractivity contribution in [1.29, 1.82) is 0 Å². The van der Waals surface area contributed by atoms with Crippen molar-refractivity contribution in [3.63, 3.8) is 0 Å². The van der Waals surface area contributed by atoms with Crippen LogP contribution in [0.1, 0.15) is 22.8 Å². The first-order chi connectivity index (χ1) is 16.7. The van der Waals surface area contributed by atoms with Crippen molar-refractivity contribution in [2.45, 2.75) is 32.2 Å². The molecule has 0 spiro atoms. The number of ether oxygens (including phenoxy) is 1. The van der Waals surface area contributed by atoms with Gasteiger partial charge in [-0.15, -0.1) is 0 Å². The zero-order chi connectivity index (χ0) is 24.7. The van der Waals surface area contributed by atoms with E-state index in [0.717, 1.165) is 5.69 Å². The lowest BCUT2D eigenvalue weighted by atomic mass is 10.1. The molecule has 1 aromatic heterocycles. The van der Waals surface area contributed by atoms with Gasteiger partial charge >= 0.3 is 0 Å². The normalized spacial score (nSPS) is 16.8. The van der Waals surface area contributed by atoms with Gasteiger partial charge in [-0.2, -0.15) is 9.29 Å². The van der Waals surface area contributed by atoms with Crippen molar-refractivity contribution >= 4 is 27.3 Å². The molecule has 3 heterocycles. The Bertz CT molecular complexity index is 1380. The average molecular weight is 498 g/mol. The fraction of sp³-hybridized carbons (Fsp3) is 0.375. The summed E-state index contributed by atoms with van der Waals surface area (Å²) >= 11 is 0. The second-order valence-electron chi connectivity index (χ2n) is 8.81.